The van der Waals surface area contributed by atoms with Crippen LogP contribution in [0.1, 0.15) is 53.3 Å². The fourth-order valence-electron chi connectivity index (χ4n) is 5.15. The standard InChI is InChI=1S/C28H38NOPSi/c1-22(2)32(23(3)4,24(5)6)30-28(27-19-13-14-20-29-27)21-31(25-15-9-7-10-16-25)26-17-11-8-12-18-26/h7-20,22-24,28H,21H2,1-6H3/t28-/m1/s1. The molecule has 0 saturated carbocycles. The second-order valence-electron chi connectivity index (χ2n) is 9.46. The molecule has 170 valence electrons. The van der Waals surface area contributed by atoms with Gasteiger partial charge in [-0.2, -0.15) is 0 Å². The third-order valence-corrected chi connectivity index (χ3v) is 15.2. The maximum atomic E-state index is 7.37. The van der Waals surface area contributed by atoms with Crippen LogP contribution in [-0.2, 0) is 4.43 Å². The van der Waals surface area contributed by atoms with Crippen LogP contribution in [0, 0.1) is 0 Å². The zero-order valence-corrected chi connectivity index (χ0v) is 22.3. The van der Waals surface area contributed by atoms with Crippen molar-refractivity contribution in [3.8, 4) is 0 Å². The summed E-state index contributed by atoms with van der Waals surface area (Å²) < 4.78 is 7.37. The lowest BCUT2D eigenvalue weighted by molar-refractivity contribution is 0.194. The first-order valence-corrected chi connectivity index (χ1v) is 15.5. The van der Waals surface area contributed by atoms with Gasteiger partial charge in [-0.25, -0.2) is 0 Å². The van der Waals surface area contributed by atoms with E-state index >= 15 is 0 Å². The van der Waals surface area contributed by atoms with Crippen molar-refractivity contribution in [3.05, 3.63) is 90.8 Å². The summed E-state index contributed by atoms with van der Waals surface area (Å²) in [6.45, 7) is 14.2. The zero-order valence-electron chi connectivity index (χ0n) is 20.4. The number of benzene rings is 2. The molecule has 3 rings (SSSR count). The van der Waals surface area contributed by atoms with E-state index in [1.165, 1.54) is 10.6 Å². The van der Waals surface area contributed by atoms with Gasteiger partial charge in [-0.3, -0.25) is 4.98 Å². The largest absolute Gasteiger partial charge is 0.407 e. The van der Waals surface area contributed by atoms with Gasteiger partial charge in [0.05, 0.1) is 11.8 Å². The van der Waals surface area contributed by atoms with Gasteiger partial charge in [-0.05, 0) is 47.3 Å². The van der Waals surface area contributed by atoms with Crippen molar-refractivity contribution in [3.63, 3.8) is 0 Å². The highest BCUT2D eigenvalue weighted by atomic mass is 31.1. The maximum absolute atomic E-state index is 7.37. The summed E-state index contributed by atoms with van der Waals surface area (Å²) in [5, 5.41) is 2.79. The second-order valence-corrected chi connectivity index (χ2v) is 17.1. The molecule has 0 spiro atoms. The molecule has 0 radical (unpaired) electrons. The van der Waals surface area contributed by atoms with E-state index in [4.69, 9.17) is 9.41 Å². The van der Waals surface area contributed by atoms with E-state index in [0.717, 1.165) is 11.9 Å². The molecule has 1 atom stereocenters. The van der Waals surface area contributed by atoms with E-state index in [1.54, 1.807) is 0 Å². The molecule has 2 nitrogen and oxygen atoms in total. The smallest absolute Gasteiger partial charge is 0.201 e. The minimum atomic E-state index is -2.07. The normalized spacial score (nSPS) is 13.3. The molecular formula is C28H38NOPSi. The van der Waals surface area contributed by atoms with Crippen LogP contribution >= 0.6 is 7.92 Å². The molecule has 0 saturated heterocycles. The van der Waals surface area contributed by atoms with Crippen LogP contribution in [-0.4, -0.2) is 19.5 Å². The van der Waals surface area contributed by atoms with Gasteiger partial charge in [0.25, 0.3) is 0 Å². The van der Waals surface area contributed by atoms with E-state index in [2.05, 4.69) is 114 Å². The van der Waals surface area contributed by atoms with Gasteiger partial charge in [0.15, 0.2) is 0 Å². The summed E-state index contributed by atoms with van der Waals surface area (Å²) in [7, 11) is -2.64. The molecule has 1 aromatic heterocycles. The molecule has 0 unspecified atom stereocenters. The Bertz CT molecular complexity index is 870. The van der Waals surface area contributed by atoms with E-state index in [1.807, 2.05) is 12.3 Å². The molecule has 0 aliphatic rings. The van der Waals surface area contributed by atoms with Gasteiger partial charge in [0.1, 0.15) is 0 Å². The van der Waals surface area contributed by atoms with Crippen LogP contribution in [0.15, 0.2) is 85.1 Å². The van der Waals surface area contributed by atoms with Gasteiger partial charge in [0.2, 0.25) is 8.32 Å². The van der Waals surface area contributed by atoms with Crippen molar-refractivity contribution in [2.45, 2.75) is 64.3 Å². The number of hydrogen-bond acceptors (Lipinski definition) is 2. The zero-order chi connectivity index (χ0) is 23.1. The van der Waals surface area contributed by atoms with Crippen LogP contribution in [0.2, 0.25) is 16.6 Å². The van der Waals surface area contributed by atoms with Gasteiger partial charge in [-0.15, -0.1) is 0 Å². The lowest BCUT2D eigenvalue weighted by Crippen LogP contribution is -2.49. The van der Waals surface area contributed by atoms with Gasteiger partial charge in [-0.1, -0.05) is 108 Å². The number of hydrogen-bond donors (Lipinski definition) is 0. The lowest BCUT2D eigenvalue weighted by atomic mass is 10.2. The molecule has 3 aromatic rings. The second kappa shape index (κ2) is 11.4. The molecule has 2 aromatic carbocycles. The number of nitrogens with zero attached hydrogens (tertiary/aromatic N) is 1. The highest BCUT2D eigenvalue weighted by Gasteiger charge is 2.47. The summed E-state index contributed by atoms with van der Waals surface area (Å²) >= 11 is 0. The highest BCUT2D eigenvalue weighted by Crippen LogP contribution is 2.47. The summed E-state index contributed by atoms with van der Waals surface area (Å²) in [6, 6.07) is 28.1. The maximum Gasteiger partial charge on any atom is 0.201 e. The van der Waals surface area contributed by atoms with Gasteiger partial charge >= 0.3 is 0 Å². The van der Waals surface area contributed by atoms with Gasteiger partial charge < -0.3 is 4.43 Å². The number of rotatable bonds is 10. The third-order valence-electron chi connectivity index (χ3n) is 6.56. The van der Waals surface area contributed by atoms with E-state index in [0.29, 0.717) is 16.6 Å². The van der Waals surface area contributed by atoms with Crippen LogP contribution in [0.4, 0.5) is 0 Å². The average molecular weight is 464 g/mol. The molecule has 4 heteroatoms. The summed E-state index contributed by atoms with van der Waals surface area (Å²) in [6.07, 6.45) is 2.84. The molecular weight excluding hydrogens is 425 g/mol. The third kappa shape index (κ3) is 5.57. The molecule has 32 heavy (non-hydrogen) atoms. The van der Waals surface area contributed by atoms with E-state index in [-0.39, 0.29) is 6.10 Å². The van der Waals surface area contributed by atoms with Crippen LogP contribution in [0.3, 0.4) is 0 Å². The summed E-state index contributed by atoms with van der Waals surface area (Å²) in [4.78, 5) is 4.79. The number of pyridine rings is 1. The SMILES string of the molecule is CC(C)[Si](O[C@H](CP(c1ccccc1)c1ccccc1)c1ccccn1)(C(C)C)C(C)C. The first-order chi connectivity index (χ1) is 15.4. The Morgan fingerprint density at radius 3 is 1.56 bits per heavy atom. The molecule has 0 amide bonds. The lowest BCUT2D eigenvalue weighted by Gasteiger charge is -2.45. The molecule has 0 aliphatic heterocycles. The Labute approximate surface area is 197 Å². The minimum absolute atomic E-state index is 0.0124. The molecule has 1 heterocycles. The molecule has 0 N–H and O–H groups in total. The summed E-state index contributed by atoms with van der Waals surface area (Å²) in [5.41, 5.74) is 2.67. The van der Waals surface area contributed by atoms with E-state index < -0.39 is 16.2 Å². The molecule has 0 fully saturated rings. The first-order valence-electron chi connectivity index (χ1n) is 11.8. The fraction of sp³-hybridized carbons (Fsp3) is 0.393. The van der Waals surface area contributed by atoms with Crippen molar-refractivity contribution in [2.75, 3.05) is 6.16 Å². The average Bonchev–Trinajstić information content (AvgIpc) is 2.80. The molecule has 0 bridgehead atoms. The van der Waals surface area contributed by atoms with Gasteiger partial charge in [0, 0.05) is 12.4 Å². The Hall–Kier alpha value is -1.80. The number of aromatic nitrogens is 1. The predicted octanol–water partition coefficient (Wildman–Crippen LogP) is 7.45. The molecule has 0 aliphatic carbocycles. The predicted molar refractivity (Wildman–Crippen MR) is 143 cm³/mol. The van der Waals surface area contributed by atoms with Crippen molar-refractivity contribution in [2.24, 2.45) is 0 Å². The van der Waals surface area contributed by atoms with Crippen molar-refractivity contribution in [1.29, 1.82) is 0 Å². The Morgan fingerprint density at radius 2 is 1.16 bits per heavy atom. The van der Waals surface area contributed by atoms with Crippen LogP contribution in [0.5, 0.6) is 0 Å². The quantitative estimate of drug-likeness (QED) is 0.230. The summed E-state index contributed by atoms with van der Waals surface area (Å²) in [5.74, 6) is 0. The Morgan fingerprint density at radius 1 is 0.688 bits per heavy atom. The van der Waals surface area contributed by atoms with Crippen LogP contribution in [0.25, 0.3) is 0 Å². The topological polar surface area (TPSA) is 22.1 Å². The highest BCUT2D eigenvalue weighted by molar-refractivity contribution is 7.73. The van der Waals surface area contributed by atoms with Crippen LogP contribution < -0.4 is 10.6 Å². The first kappa shape index (κ1) is 24.8. The minimum Gasteiger partial charge on any atom is -0.407 e. The van der Waals surface area contributed by atoms with Crippen molar-refractivity contribution in [1.82, 2.24) is 4.98 Å². The van der Waals surface area contributed by atoms with Crippen molar-refractivity contribution < 1.29 is 4.43 Å². The van der Waals surface area contributed by atoms with E-state index in [9.17, 15) is 0 Å². The fourth-order valence-corrected chi connectivity index (χ4v) is 13.2. The monoisotopic (exact) mass is 463 g/mol. The Kier molecular flexibility index (Phi) is 8.82. The Balaban J connectivity index is 2.07. The van der Waals surface area contributed by atoms with Crippen molar-refractivity contribution >= 4 is 26.8 Å².